The van der Waals surface area contributed by atoms with Gasteiger partial charge in [0.1, 0.15) is 0 Å². The minimum absolute atomic E-state index is 0.354. The maximum absolute atomic E-state index is 11.2. The summed E-state index contributed by atoms with van der Waals surface area (Å²) >= 11 is 0. The van der Waals surface area contributed by atoms with E-state index in [1.165, 1.54) is 12.8 Å². The van der Waals surface area contributed by atoms with E-state index in [9.17, 15) is 4.79 Å². The van der Waals surface area contributed by atoms with Gasteiger partial charge in [0.15, 0.2) is 5.69 Å². The number of hydrogen-bond donors (Lipinski definition) is 1. The number of carbonyl (C=O) groups is 1. The summed E-state index contributed by atoms with van der Waals surface area (Å²) in [5, 5.41) is 7.91. The van der Waals surface area contributed by atoms with E-state index < -0.39 is 5.91 Å². The van der Waals surface area contributed by atoms with Crippen LogP contribution in [0.25, 0.3) is 0 Å². The third-order valence-corrected chi connectivity index (χ3v) is 2.79. The minimum Gasteiger partial charge on any atom is -0.364 e. The van der Waals surface area contributed by atoms with Crippen LogP contribution in [-0.2, 0) is 13.0 Å². The lowest BCUT2D eigenvalue weighted by Gasteiger charge is -2.08. The van der Waals surface area contributed by atoms with Crippen LogP contribution in [0, 0.1) is 11.8 Å². The molecule has 1 aromatic rings. The highest BCUT2D eigenvalue weighted by atomic mass is 16.1. The van der Waals surface area contributed by atoms with Crippen LogP contribution in [0.1, 0.15) is 42.9 Å². The Morgan fingerprint density at radius 3 is 2.75 bits per heavy atom. The van der Waals surface area contributed by atoms with Crippen molar-refractivity contribution in [1.82, 2.24) is 15.0 Å². The van der Waals surface area contributed by atoms with Crippen LogP contribution in [0.5, 0.6) is 0 Å². The Morgan fingerprint density at radius 2 is 2.25 bits per heavy atom. The van der Waals surface area contributed by atoms with Gasteiger partial charge in [-0.2, -0.15) is 0 Å². The molecule has 1 heterocycles. The average molecular weight is 222 g/mol. The molecule has 1 aromatic heterocycles. The molecule has 0 unspecified atom stereocenters. The Balaban J connectivity index is 2.24. The fourth-order valence-electron chi connectivity index (χ4n) is 1.81. The van der Waals surface area contributed by atoms with Crippen molar-refractivity contribution in [3.63, 3.8) is 0 Å². The van der Waals surface area contributed by atoms with Crippen molar-refractivity contribution in [2.45, 2.75) is 39.7 Å². The normalized spacial score (nSPS) is 15.7. The van der Waals surface area contributed by atoms with Gasteiger partial charge in [0, 0.05) is 6.54 Å². The lowest BCUT2D eigenvalue weighted by molar-refractivity contribution is 0.0994. The summed E-state index contributed by atoms with van der Waals surface area (Å²) in [6, 6.07) is 0. The molecule has 5 nitrogen and oxygen atoms in total. The van der Waals surface area contributed by atoms with Crippen molar-refractivity contribution in [3.05, 3.63) is 11.4 Å². The van der Waals surface area contributed by atoms with Crippen molar-refractivity contribution in [2.75, 3.05) is 0 Å². The van der Waals surface area contributed by atoms with Crippen LogP contribution < -0.4 is 5.73 Å². The Labute approximate surface area is 95.0 Å². The van der Waals surface area contributed by atoms with E-state index in [1.54, 1.807) is 0 Å². The van der Waals surface area contributed by atoms with Gasteiger partial charge in [-0.25, -0.2) is 4.68 Å². The number of nitrogens with two attached hydrogens (primary N) is 1. The molecule has 0 spiro atoms. The molecule has 1 aliphatic carbocycles. The molecule has 1 aliphatic rings. The van der Waals surface area contributed by atoms with Gasteiger partial charge < -0.3 is 5.73 Å². The Kier molecular flexibility index (Phi) is 2.94. The first-order valence-electron chi connectivity index (χ1n) is 5.80. The van der Waals surface area contributed by atoms with E-state index in [4.69, 9.17) is 5.73 Å². The third kappa shape index (κ3) is 2.40. The fourth-order valence-corrected chi connectivity index (χ4v) is 1.81. The summed E-state index contributed by atoms with van der Waals surface area (Å²) in [5.74, 6) is 0.716. The smallest absolute Gasteiger partial charge is 0.271 e. The molecule has 5 heteroatoms. The molecular weight excluding hydrogens is 204 g/mol. The lowest BCUT2D eigenvalue weighted by atomic mass is 10.1. The van der Waals surface area contributed by atoms with Gasteiger partial charge in [-0.1, -0.05) is 19.1 Å². The highest BCUT2D eigenvalue weighted by Crippen LogP contribution is 2.33. The summed E-state index contributed by atoms with van der Waals surface area (Å²) in [4.78, 5) is 11.2. The van der Waals surface area contributed by atoms with Gasteiger partial charge in [0.05, 0.1) is 5.69 Å². The number of carbonyl (C=O) groups excluding carboxylic acids is 1. The summed E-state index contributed by atoms with van der Waals surface area (Å²) in [6.45, 7) is 5.03. The van der Waals surface area contributed by atoms with Gasteiger partial charge in [0.25, 0.3) is 5.91 Å². The predicted molar refractivity (Wildman–Crippen MR) is 59.8 cm³/mol. The summed E-state index contributed by atoms with van der Waals surface area (Å²) < 4.78 is 1.84. The fraction of sp³-hybridized carbons (Fsp3) is 0.727. The van der Waals surface area contributed by atoms with Crippen LogP contribution in [-0.4, -0.2) is 20.9 Å². The first-order valence-corrected chi connectivity index (χ1v) is 5.80. The molecule has 2 N–H and O–H groups in total. The van der Waals surface area contributed by atoms with E-state index in [1.807, 2.05) is 4.68 Å². The van der Waals surface area contributed by atoms with E-state index >= 15 is 0 Å². The molecule has 0 bridgehead atoms. The Morgan fingerprint density at radius 1 is 1.56 bits per heavy atom. The molecule has 2 rings (SSSR count). The van der Waals surface area contributed by atoms with Crippen molar-refractivity contribution < 1.29 is 4.79 Å². The quantitative estimate of drug-likeness (QED) is 0.807. The topological polar surface area (TPSA) is 73.8 Å². The molecule has 0 aromatic carbocycles. The summed E-state index contributed by atoms with van der Waals surface area (Å²) in [5.41, 5.74) is 6.57. The monoisotopic (exact) mass is 222 g/mol. The lowest BCUT2D eigenvalue weighted by Crippen LogP contribution is -2.17. The number of primary amides is 1. The van der Waals surface area contributed by atoms with Crippen LogP contribution >= 0.6 is 0 Å². The maximum atomic E-state index is 11.2. The number of rotatable bonds is 5. The van der Waals surface area contributed by atoms with Gasteiger partial charge in [0.2, 0.25) is 0 Å². The highest BCUT2D eigenvalue weighted by Gasteiger charge is 2.27. The van der Waals surface area contributed by atoms with Gasteiger partial charge in [-0.05, 0) is 31.1 Å². The second kappa shape index (κ2) is 4.23. The first kappa shape index (κ1) is 11.1. The average Bonchev–Trinajstić information content (AvgIpc) is 2.89. The number of amides is 1. The molecule has 0 atom stereocenters. The summed E-state index contributed by atoms with van der Waals surface area (Å²) in [7, 11) is 0. The predicted octanol–water partition coefficient (Wildman–Crippen LogP) is 0.985. The van der Waals surface area contributed by atoms with E-state index in [-0.39, 0.29) is 0 Å². The molecule has 16 heavy (non-hydrogen) atoms. The molecule has 1 amide bonds. The van der Waals surface area contributed by atoms with E-state index in [0.29, 0.717) is 17.5 Å². The molecular formula is C11H18N4O. The zero-order chi connectivity index (χ0) is 11.7. The number of nitrogens with zero attached hydrogens (tertiary/aromatic N) is 3. The van der Waals surface area contributed by atoms with Gasteiger partial charge >= 0.3 is 0 Å². The molecule has 88 valence electrons. The minimum atomic E-state index is -0.467. The van der Waals surface area contributed by atoms with Crippen molar-refractivity contribution in [3.8, 4) is 0 Å². The largest absolute Gasteiger partial charge is 0.364 e. The second-order valence-corrected chi connectivity index (χ2v) is 4.97. The van der Waals surface area contributed by atoms with Gasteiger partial charge in [-0.15, -0.1) is 5.10 Å². The molecule has 0 saturated heterocycles. The number of hydrogen-bond acceptors (Lipinski definition) is 3. The zero-order valence-electron chi connectivity index (χ0n) is 9.81. The Hall–Kier alpha value is -1.39. The van der Waals surface area contributed by atoms with E-state index in [2.05, 4.69) is 24.2 Å². The number of aromatic nitrogens is 3. The van der Waals surface area contributed by atoms with Crippen LogP contribution in [0.3, 0.4) is 0 Å². The van der Waals surface area contributed by atoms with E-state index in [0.717, 1.165) is 18.7 Å². The zero-order valence-corrected chi connectivity index (χ0v) is 9.81. The van der Waals surface area contributed by atoms with Crippen LogP contribution in [0.4, 0.5) is 0 Å². The second-order valence-electron chi connectivity index (χ2n) is 4.97. The molecule has 0 radical (unpaired) electrons. The molecule has 1 fully saturated rings. The third-order valence-electron chi connectivity index (χ3n) is 2.79. The van der Waals surface area contributed by atoms with Gasteiger partial charge in [-0.3, -0.25) is 4.79 Å². The SMILES string of the molecule is CC(C)Cn1nnc(C(N)=O)c1CC1CC1. The van der Waals surface area contributed by atoms with Crippen molar-refractivity contribution in [2.24, 2.45) is 17.6 Å². The van der Waals surface area contributed by atoms with Crippen LogP contribution in [0.2, 0.25) is 0 Å². The van der Waals surface area contributed by atoms with Crippen molar-refractivity contribution >= 4 is 5.91 Å². The summed E-state index contributed by atoms with van der Waals surface area (Å²) in [6.07, 6.45) is 3.37. The highest BCUT2D eigenvalue weighted by molar-refractivity contribution is 5.91. The van der Waals surface area contributed by atoms with Crippen LogP contribution in [0.15, 0.2) is 0 Å². The standard InChI is InChI=1S/C11H18N4O/c1-7(2)6-15-9(5-8-3-4-8)10(11(12)16)13-14-15/h7-8H,3-6H2,1-2H3,(H2,12,16). The molecule has 1 saturated carbocycles. The molecule has 0 aliphatic heterocycles. The maximum Gasteiger partial charge on any atom is 0.271 e. The van der Waals surface area contributed by atoms with Crippen molar-refractivity contribution in [1.29, 1.82) is 0 Å². The first-order chi connectivity index (χ1) is 7.58. The Bertz CT molecular complexity index is 393.